The molecule has 0 radical (unpaired) electrons. The number of nitrogens with zero attached hydrogens (tertiary/aromatic N) is 3. The van der Waals surface area contributed by atoms with Crippen molar-refractivity contribution in [2.45, 2.75) is 13.8 Å². The van der Waals surface area contributed by atoms with Gasteiger partial charge in [0.1, 0.15) is 17.2 Å². The van der Waals surface area contributed by atoms with Gasteiger partial charge in [-0.25, -0.2) is 4.98 Å². The second kappa shape index (κ2) is 9.21. The molecule has 3 aromatic carbocycles. The summed E-state index contributed by atoms with van der Waals surface area (Å²) in [7, 11) is 0. The summed E-state index contributed by atoms with van der Waals surface area (Å²) in [5, 5.41) is 1.71. The van der Waals surface area contributed by atoms with Crippen LogP contribution in [0.3, 0.4) is 0 Å². The summed E-state index contributed by atoms with van der Waals surface area (Å²) in [6.45, 7) is 6.64. The highest BCUT2D eigenvalue weighted by Gasteiger charge is 2.23. The molecule has 5 aromatic rings. The van der Waals surface area contributed by atoms with Crippen molar-refractivity contribution in [1.29, 1.82) is 0 Å². The maximum atomic E-state index is 13.2. The van der Waals surface area contributed by atoms with Gasteiger partial charge < -0.3 is 14.2 Å². The second-order valence-corrected chi connectivity index (χ2v) is 9.65. The highest BCUT2D eigenvalue weighted by Crippen LogP contribution is 2.26. The largest absolute Gasteiger partial charge is 0.456 e. The van der Waals surface area contributed by atoms with Crippen LogP contribution in [0, 0.1) is 13.8 Å². The molecule has 1 fully saturated rings. The fourth-order valence-electron chi connectivity index (χ4n) is 5.08. The van der Waals surface area contributed by atoms with Crippen molar-refractivity contribution >= 4 is 33.6 Å². The number of anilines is 1. The van der Waals surface area contributed by atoms with Gasteiger partial charge in [-0.2, -0.15) is 0 Å². The fraction of sp³-hybridized carbons (Fsp3) is 0.194. The van der Waals surface area contributed by atoms with E-state index in [2.05, 4.69) is 17.0 Å². The van der Waals surface area contributed by atoms with Crippen LogP contribution in [-0.2, 0) is 0 Å². The van der Waals surface area contributed by atoms with Crippen LogP contribution < -0.4 is 10.3 Å². The summed E-state index contributed by atoms with van der Waals surface area (Å²) in [6.07, 6.45) is 0. The van der Waals surface area contributed by atoms with Gasteiger partial charge in [0, 0.05) is 48.8 Å². The van der Waals surface area contributed by atoms with Crippen molar-refractivity contribution in [3.8, 4) is 11.3 Å². The Morgan fingerprint density at radius 3 is 2.41 bits per heavy atom. The molecule has 1 saturated heterocycles. The molecule has 0 atom stereocenters. The van der Waals surface area contributed by atoms with E-state index >= 15 is 0 Å². The summed E-state index contributed by atoms with van der Waals surface area (Å²) in [6, 6.07) is 24.9. The van der Waals surface area contributed by atoms with Crippen molar-refractivity contribution in [1.82, 2.24) is 9.88 Å². The number of benzene rings is 3. The molecule has 1 aliphatic rings. The lowest BCUT2D eigenvalue weighted by atomic mass is 10.0. The molecule has 6 rings (SSSR count). The van der Waals surface area contributed by atoms with Crippen LogP contribution in [0.1, 0.15) is 21.5 Å². The molecule has 2 aromatic heterocycles. The summed E-state index contributed by atoms with van der Waals surface area (Å²) in [5.74, 6) is 1.45. The minimum absolute atomic E-state index is 0.00366. The first-order chi connectivity index (χ1) is 18.0. The molecule has 0 bridgehead atoms. The SMILES string of the molecule is Cc1cc(C)c2oc(-c3ccc(C(=O)N4CCN(c5ccc6ccccc6n5)CC4)cc3)cc(=O)c2c1. The molecule has 37 heavy (non-hydrogen) atoms. The van der Waals surface area contributed by atoms with Gasteiger partial charge in [-0.15, -0.1) is 0 Å². The zero-order valence-corrected chi connectivity index (χ0v) is 20.9. The lowest BCUT2D eigenvalue weighted by Crippen LogP contribution is -2.49. The van der Waals surface area contributed by atoms with Crippen molar-refractivity contribution < 1.29 is 9.21 Å². The zero-order valence-electron chi connectivity index (χ0n) is 20.9. The molecule has 0 spiro atoms. The molecule has 0 saturated carbocycles. The molecular weight excluding hydrogens is 462 g/mol. The quantitative estimate of drug-likeness (QED) is 0.331. The number of aryl methyl sites for hydroxylation is 2. The number of hydrogen-bond donors (Lipinski definition) is 0. The Balaban J connectivity index is 1.16. The number of hydrogen-bond acceptors (Lipinski definition) is 5. The first-order valence-corrected chi connectivity index (χ1v) is 12.5. The van der Waals surface area contributed by atoms with Crippen LogP contribution in [-0.4, -0.2) is 42.0 Å². The van der Waals surface area contributed by atoms with Gasteiger partial charge in [0.05, 0.1) is 10.9 Å². The monoisotopic (exact) mass is 489 g/mol. The molecule has 6 heteroatoms. The van der Waals surface area contributed by atoms with Gasteiger partial charge in [0.2, 0.25) is 0 Å². The fourth-order valence-corrected chi connectivity index (χ4v) is 5.08. The van der Waals surface area contributed by atoms with Gasteiger partial charge >= 0.3 is 0 Å². The zero-order chi connectivity index (χ0) is 25.5. The maximum absolute atomic E-state index is 13.2. The third-order valence-corrected chi connectivity index (χ3v) is 7.05. The van der Waals surface area contributed by atoms with Crippen LogP contribution in [0.4, 0.5) is 5.82 Å². The predicted octanol–water partition coefficient (Wildman–Crippen LogP) is 5.59. The van der Waals surface area contributed by atoms with Gasteiger partial charge in [0.15, 0.2) is 5.43 Å². The Bertz CT molecular complexity index is 1700. The molecule has 3 heterocycles. The number of amides is 1. The number of piperazine rings is 1. The molecule has 1 amide bonds. The highest BCUT2D eigenvalue weighted by atomic mass is 16.3. The Morgan fingerprint density at radius 2 is 1.62 bits per heavy atom. The number of carbonyl (C=O) groups is 1. The van der Waals surface area contributed by atoms with E-state index in [1.54, 1.807) is 12.1 Å². The van der Waals surface area contributed by atoms with Gasteiger partial charge in [-0.1, -0.05) is 36.4 Å². The number of para-hydroxylation sites is 1. The predicted molar refractivity (Wildman–Crippen MR) is 147 cm³/mol. The van der Waals surface area contributed by atoms with Crippen molar-refractivity contribution in [3.63, 3.8) is 0 Å². The lowest BCUT2D eigenvalue weighted by Gasteiger charge is -2.35. The van der Waals surface area contributed by atoms with E-state index in [4.69, 9.17) is 9.40 Å². The van der Waals surface area contributed by atoms with Crippen LogP contribution >= 0.6 is 0 Å². The first kappa shape index (κ1) is 23.0. The lowest BCUT2D eigenvalue weighted by molar-refractivity contribution is 0.0746. The Hall–Kier alpha value is -4.45. The third-order valence-electron chi connectivity index (χ3n) is 7.05. The maximum Gasteiger partial charge on any atom is 0.253 e. The van der Waals surface area contributed by atoms with Crippen molar-refractivity contribution in [2.75, 3.05) is 31.1 Å². The van der Waals surface area contributed by atoms with Crippen LogP contribution in [0.25, 0.3) is 33.2 Å². The topological polar surface area (TPSA) is 66.7 Å². The van der Waals surface area contributed by atoms with E-state index in [0.29, 0.717) is 35.4 Å². The molecule has 1 aliphatic heterocycles. The summed E-state index contributed by atoms with van der Waals surface area (Å²) < 4.78 is 6.10. The Morgan fingerprint density at radius 1 is 0.865 bits per heavy atom. The van der Waals surface area contributed by atoms with Gasteiger partial charge in [0.25, 0.3) is 5.91 Å². The number of pyridine rings is 1. The van der Waals surface area contributed by atoms with Crippen molar-refractivity contribution in [2.24, 2.45) is 0 Å². The first-order valence-electron chi connectivity index (χ1n) is 12.5. The van der Waals surface area contributed by atoms with Crippen LogP contribution in [0.2, 0.25) is 0 Å². The minimum Gasteiger partial charge on any atom is -0.456 e. The Kier molecular flexibility index (Phi) is 5.72. The normalized spacial score (nSPS) is 13.9. The van der Waals surface area contributed by atoms with Gasteiger partial charge in [-0.3, -0.25) is 9.59 Å². The van der Waals surface area contributed by atoms with E-state index < -0.39 is 0 Å². The molecule has 0 N–H and O–H groups in total. The summed E-state index contributed by atoms with van der Waals surface area (Å²) in [5.41, 5.74) is 4.86. The number of fused-ring (bicyclic) bond motifs is 2. The number of rotatable bonds is 3. The molecular formula is C31H27N3O3. The smallest absolute Gasteiger partial charge is 0.253 e. The molecule has 6 nitrogen and oxygen atoms in total. The van der Waals surface area contributed by atoms with E-state index in [0.717, 1.165) is 46.5 Å². The molecule has 0 aliphatic carbocycles. The van der Waals surface area contributed by atoms with Crippen molar-refractivity contribution in [3.05, 3.63) is 106 Å². The molecule has 0 unspecified atom stereocenters. The average Bonchev–Trinajstić information content (AvgIpc) is 2.93. The standard InChI is InChI=1S/C31H27N3O3/c1-20-17-21(2)30-25(18-20)27(35)19-28(37-30)23-7-9-24(10-8-23)31(36)34-15-13-33(14-16-34)29-12-11-22-5-3-4-6-26(22)32-29/h3-12,17-19H,13-16H2,1-2H3. The highest BCUT2D eigenvalue weighted by molar-refractivity contribution is 5.95. The summed E-state index contributed by atoms with van der Waals surface area (Å²) in [4.78, 5) is 34.8. The average molecular weight is 490 g/mol. The van der Waals surface area contributed by atoms with E-state index in [9.17, 15) is 9.59 Å². The van der Waals surface area contributed by atoms with Crippen LogP contribution in [0.15, 0.2) is 88.1 Å². The Labute approximate surface area is 214 Å². The summed E-state index contributed by atoms with van der Waals surface area (Å²) >= 11 is 0. The second-order valence-electron chi connectivity index (χ2n) is 9.65. The minimum atomic E-state index is -0.0676. The third kappa shape index (κ3) is 4.35. The number of aromatic nitrogens is 1. The van der Waals surface area contributed by atoms with Gasteiger partial charge in [-0.05, 0) is 61.4 Å². The molecule has 184 valence electrons. The van der Waals surface area contributed by atoms with Crippen LogP contribution in [0.5, 0.6) is 0 Å². The van der Waals surface area contributed by atoms with E-state index in [1.807, 2.05) is 67.3 Å². The van der Waals surface area contributed by atoms with E-state index in [1.165, 1.54) is 6.07 Å². The van der Waals surface area contributed by atoms with E-state index in [-0.39, 0.29) is 11.3 Å². The number of carbonyl (C=O) groups excluding carboxylic acids is 1.